The van der Waals surface area contributed by atoms with Crippen molar-refractivity contribution in [2.75, 3.05) is 0 Å². The third-order valence-corrected chi connectivity index (χ3v) is 1.66. The monoisotopic (exact) mass is 301 g/mol. The average Bonchev–Trinajstić information content (AvgIpc) is 2.47. The van der Waals surface area contributed by atoms with Gasteiger partial charge in [-0.1, -0.05) is 0 Å². The Morgan fingerprint density at radius 1 is 1.00 bits per heavy atom. The molecular weight excluding hydrogens is 296 g/mol. The van der Waals surface area contributed by atoms with Gasteiger partial charge in [-0.3, -0.25) is 19.7 Å². The maximum absolute atomic E-state index is 11.3. The van der Waals surface area contributed by atoms with E-state index < -0.39 is 16.9 Å². The molecule has 94 valence electrons. The number of fused-ring (bicyclic) bond motifs is 1. The van der Waals surface area contributed by atoms with Gasteiger partial charge in [-0.05, 0) is 0 Å². The number of nitrogens with zero attached hydrogens (tertiary/aromatic N) is 2. The molecule has 11 heteroatoms. The third kappa shape index (κ3) is 2.71. The Balaban J connectivity index is 0. The van der Waals surface area contributed by atoms with Gasteiger partial charge in [0.1, 0.15) is 5.65 Å². The van der Waals surface area contributed by atoms with E-state index in [-0.39, 0.29) is 48.4 Å². The summed E-state index contributed by atoms with van der Waals surface area (Å²) in [5.41, 5.74) is -2.48. The zero-order chi connectivity index (χ0) is 10.3. The molecule has 2 heterocycles. The lowest BCUT2D eigenvalue weighted by Gasteiger charge is -1.87. The van der Waals surface area contributed by atoms with Gasteiger partial charge in [0.05, 0.1) is 4.68 Å². The van der Waals surface area contributed by atoms with Crippen LogP contribution in [-0.4, -0.2) is 19.6 Å². The zero-order valence-electron chi connectivity index (χ0n) is 7.84. The van der Waals surface area contributed by atoms with Crippen molar-refractivity contribution in [2.24, 2.45) is 0 Å². The number of hydrogen-bond donors (Lipinski definition) is 3. The molecular formula is C6H6Cl3N5O3. The Labute approximate surface area is 111 Å². The molecule has 0 saturated carbocycles. The lowest BCUT2D eigenvalue weighted by atomic mass is 10.5. The SMILES string of the molecule is Cl.Cl.Cl.[C-]#[N+]n1c(=O)[nH]c2[nH]c(=O)[nH]c2c1=O. The highest BCUT2D eigenvalue weighted by molar-refractivity contribution is 5.86. The lowest BCUT2D eigenvalue weighted by Crippen LogP contribution is -2.30. The smallest absolute Gasteiger partial charge is 0.300 e. The Morgan fingerprint density at radius 3 is 2.12 bits per heavy atom. The molecule has 0 aromatic carbocycles. The molecule has 2 rings (SSSR count). The van der Waals surface area contributed by atoms with Gasteiger partial charge in [-0.15, -0.1) is 42.2 Å². The molecule has 0 saturated heterocycles. The summed E-state index contributed by atoms with van der Waals surface area (Å²) >= 11 is 0. The van der Waals surface area contributed by atoms with Gasteiger partial charge in [0, 0.05) is 0 Å². The first kappa shape index (κ1) is 17.7. The van der Waals surface area contributed by atoms with Crippen molar-refractivity contribution in [3.05, 3.63) is 42.8 Å². The van der Waals surface area contributed by atoms with Crippen LogP contribution in [0.2, 0.25) is 0 Å². The maximum atomic E-state index is 11.3. The van der Waals surface area contributed by atoms with Gasteiger partial charge >= 0.3 is 16.9 Å². The van der Waals surface area contributed by atoms with Crippen LogP contribution >= 0.6 is 37.2 Å². The number of H-pyrrole nitrogens is 3. The third-order valence-electron chi connectivity index (χ3n) is 1.66. The second-order valence-electron chi connectivity index (χ2n) is 2.48. The van der Waals surface area contributed by atoms with E-state index in [1.54, 1.807) is 0 Å². The highest BCUT2D eigenvalue weighted by atomic mass is 35.5. The van der Waals surface area contributed by atoms with Crippen molar-refractivity contribution in [1.29, 1.82) is 0 Å². The largest absolute Gasteiger partial charge is 0.398 e. The Hall–Kier alpha value is -1.69. The van der Waals surface area contributed by atoms with Crippen LogP contribution in [-0.2, 0) is 0 Å². The molecule has 2 aromatic rings. The second kappa shape index (κ2) is 6.15. The van der Waals surface area contributed by atoms with Crippen molar-refractivity contribution in [1.82, 2.24) is 19.6 Å². The lowest BCUT2D eigenvalue weighted by molar-refractivity contribution is 0.891. The summed E-state index contributed by atoms with van der Waals surface area (Å²) in [5.74, 6) is 0. The second-order valence-corrected chi connectivity index (χ2v) is 2.48. The van der Waals surface area contributed by atoms with Gasteiger partial charge in [-0.25, -0.2) is 9.59 Å². The van der Waals surface area contributed by atoms with E-state index in [4.69, 9.17) is 6.57 Å². The number of hydrogen-bond acceptors (Lipinski definition) is 3. The standard InChI is InChI=1S/C6H3N5O3.3ClH/c1-7-11-4(12)2-3(10-6(11)14)9-5(13)8-2;;;/h(H,10,14)(H2,8,9,13);3*1H. The van der Waals surface area contributed by atoms with E-state index in [0.717, 1.165) is 0 Å². The fourth-order valence-corrected chi connectivity index (χ4v) is 1.09. The van der Waals surface area contributed by atoms with Crippen LogP contribution in [0.25, 0.3) is 16.1 Å². The van der Waals surface area contributed by atoms with Crippen molar-refractivity contribution >= 4 is 48.4 Å². The van der Waals surface area contributed by atoms with Crippen LogP contribution in [0, 0.1) is 6.57 Å². The molecule has 3 N–H and O–H groups in total. The van der Waals surface area contributed by atoms with E-state index in [1.807, 2.05) is 0 Å². The number of halogens is 3. The van der Waals surface area contributed by atoms with Crippen LogP contribution < -0.4 is 16.9 Å². The van der Waals surface area contributed by atoms with E-state index in [9.17, 15) is 14.4 Å². The Morgan fingerprint density at radius 2 is 1.59 bits per heavy atom. The average molecular weight is 303 g/mol. The molecule has 0 aliphatic carbocycles. The molecule has 0 aliphatic heterocycles. The van der Waals surface area contributed by atoms with Gasteiger partial charge in [0.25, 0.3) is 0 Å². The van der Waals surface area contributed by atoms with Crippen molar-refractivity contribution in [3.8, 4) is 0 Å². The normalized spacial score (nSPS) is 8.41. The molecule has 0 fully saturated rings. The summed E-state index contributed by atoms with van der Waals surface area (Å²) in [7, 11) is 0. The van der Waals surface area contributed by atoms with E-state index in [2.05, 4.69) is 19.9 Å². The Bertz CT molecular complexity index is 717. The quantitative estimate of drug-likeness (QED) is 0.579. The first-order chi connectivity index (χ1) is 6.63. The minimum absolute atomic E-state index is 0. The highest BCUT2D eigenvalue weighted by Gasteiger charge is 2.12. The molecule has 0 amide bonds. The van der Waals surface area contributed by atoms with Gasteiger partial charge < -0.3 is 0 Å². The van der Waals surface area contributed by atoms with Gasteiger partial charge in [0.15, 0.2) is 5.52 Å². The van der Waals surface area contributed by atoms with Crippen molar-refractivity contribution in [3.63, 3.8) is 0 Å². The van der Waals surface area contributed by atoms with E-state index in [0.29, 0.717) is 4.68 Å². The first-order valence-corrected chi connectivity index (χ1v) is 3.48. The minimum atomic E-state index is -0.882. The van der Waals surface area contributed by atoms with Gasteiger partial charge in [0.2, 0.25) is 0 Å². The topological polar surface area (TPSA) is 108 Å². The molecule has 17 heavy (non-hydrogen) atoms. The summed E-state index contributed by atoms with van der Waals surface area (Å²) in [5, 5.41) is 0. The van der Waals surface area contributed by atoms with Crippen LogP contribution in [0.1, 0.15) is 0 Å². The number of rotatable bonds is 0. The number of aromatic nitrogens is 4. The molecule has 0 radical (unpaired) electrons. The molecule has 2 aromatic heterocycles. The predicted octanol–water partition coefficient (Wildman–Crippen LogP) is -0.346. The maximum Gasteiger partial charge on any atom is 0.398 e. The summed E-state index contributed by atoms with van der Waals surface area (Å²) < 4.78 is 0.298. The number of nitrogens with one attached hydrogen (secondary N) is 3. The molecule has 8 nitrogen and oxygen atoms in total. The fraction of sp³-hybridized carbons (Fsp3) is 0. The molecule has 0 atom stereocenters. The highest BCUT2D eigenvalue weighted by Crippen LogP contribution is 1.91. The first-order valence-electron chi connectivity index (χ1n) is 3.48. The Kier molecular flexibility index (Phi) is 6.40. The zero-order valence-corrected chi connectivity index (χ0v) is 10.3. The van der Waals surface area contributed by atoms with Crippen LogP contribution in [0.5, 0.6) is 0 Å². The molecule has 0 aliphatic rings. The summed E-state index contributed by atoms with van der Waals surface area (Å²) in [6, 6.07) is 0. The number of aromatic amines is 3. The summed E-state index contributed by atoms with van der Waals surface area (Å²) in [6.07, 6.45) is 0. The molecule has 0 spiro atoms. The molecule has 0 bridgehead atoms. The predicted molar refractivity (Wildman–Crippen MR) is 67.5 cm³/mol. The van der Waals surface area contributed by atoms with Crippen LogP contribution in [0.3, 0.4) is 0 Å². The number of imidazole rings is 1. The summed E-state index contributed by atoms with van der Waals surface area (Å²) in [6.45, 7) is 6.57. The van der Waals surface area contributed by atoms with E-state index >= 15 is 0 Å². The van der Waals surface area contributed by atoms with Crippen molar-refractivity contribution in [2.45, 2.75) is 0 Å². The van der Waals surface area contributed by atoms with Crippen LogP contribution in [0.4, 0.5) is 0 Å². The minimum Gasteiger partial charge on any atom is -0.300 e. The fourth-order valence-electron chi connectivity index (χ4n) is 1.09. The summed E-state index contributed by atoms with van der Waals surface area (Å²) in [4.78, 5) is 42.4. The van der Waals surface area contributed by atoms with E-state index in [1.165, 1.54) is 0 Å². The van der Waals surface area contributed by atoms with Gasteiger partial charge in [-0.2, -0.15) is 6.57 Å². The van der Waals surface area contributed by atoms with Crippen LogP contribution in [0.15, 0.2) is 14.4 Å². The molecule has 0 unspecified atom stereocenters. The van der Waals surface area contributed by atoms with Crippen molar-refractivity contribution < 1.29 is 0 Å².